The summed E-state index contributed by atoms with van der Waals surface area (Å²) in [6.45, 7) is 1.13. The fourth-order valence-corrected chi connectivity index (χ4v) is 1.29. The molecule has 4 N–H and O–H groups in total. The standard InChI is InChI=1S/C9H15N3O4/c1-5(13)11-12-7(14)4-10-8(9(15)16)6-2-3-6/h6,8,10H,2-4H2,1H3,(H,11,13)(H,12,14)(H,15,16). The third-order valence-electron chi connectivity index (χ3n) is 2.22. The van der Waals surface area contributed by atoms with Crippen LogP contribution in [-0.4, -0.2) is 35.5 Å². The van der Waals surface area contributed by atoms with E-state index in [2.05, 4.69) is 16.2 Å². The van der Waals surface area contributed by atoms with Gasteiger partial charge in [-0.25, -0.2) is 0 Å². The first-order chi connectivity index (χ1) is 7.50. The van der Waals surface area contributed by atoms with Crippen LogP contribution in [0.3, 0.4) is 0 Å². The van der Waals surface area contributed by atoms with E-state index >= 15 is 0 Å². The molecule has 1 fully saturated rings. The molecule has 0 radical (unpaired) electrons. The first-order valence-corrected chi connectivity index (χ1v) is 5.02. The third kappa shape index (κ3) is 4.26. The summed E-state index contributed by atoms with van der Waals surface area (Å²) in [7, 11) is 0. The predicted octanol–water partition coefficient (Wildman–Crippen LogP) is -1.39. The minimum atomic E-state index is -0.949. The highest BCUT2D eigenvalue weighted by molar-refractivity contribution is 5.82. The van der Waals surface area contributed by atoms with Gasteiger partial charge in [0, 0.05) is 6.92 Å². The van der Waals surface area contributed by atoms with E-state index in [0.29, 0.717) is 0 Å². The maximum absolute atomic E-state index is 11.1. The molecule has 1 rings (SSSR count). The van der Waals surface area contributed by atoms with Gasteiger partial charge >= 0.3 is 5.97 Å². The second kappa shape index (κ2) is 5.45. The molecule has 0 saturated heterocycles. The number of rotatable bonds is 5. The van der Waals surface area contributed by atoms with Crippen molar-refractivity contribution in [3.8, 4) is 0 Å². The number of carbonyl (C=O) groups is 3. The van der Waals surface area contributed by atoms with Crippen LogP contribution in [0.15, 0.2) is 0 Å². The highest BCUT2D eigenvalue weighted by Gasteiger charge is 2.36. The van der Waals surface area contributed by atoms with Gasteiger partial charge in [-0.05, 0) is 18.8 Å². The summed E-state index contributed by atoms with van der Waals surface area (Å²) < 4.78 is 0. The van der Waals surface area contributed by atoms with Gasteiger partial charge < -0.3 is 5.11 Å². The summed E-state index contributed by atoms with van der Waals surface area (Å²) in [6, 6.07) is -0.678. The lowest BCUT2D eigenvalue weighted by Crippen LogP contribution is -2.48. The SMILES string of the molecule is CC(=O)NNC(=O)CNC(C(=O)O)C1CC1. The van der Waals surface area contributed by atoms with E-state index in [1.165, 1.54) is 6.92 Å². The molecule has 0 aromatic carbocycles. The van der Waals surface area contributed by atoms with Gasteiger partial charge in [-0.1, -0.05) is 0 Å². The molecule has 1 saturated carbocycles. The van der Waals surface area contributed by atoms with Gasteiger partial charge in [-0.2, -0.15) is 0 Å². The van der Waals surface area contributed by atoms with Crippen LogP contribution in [0, 0.1) is 5.92 Å². The van der Waals surface area contributed by atoms with Crippen molar-refractivity contribution in [2.75, 3.05) is 6.54 Å². The van der Waals surface area contributed by atoms with Crippen LogP contribution in [0.4, 0.5) is 0 Å². The van der Waals surface area contributed by atoms with Crippen molar-refractivity contribution < 1.29 is 19.5 Å². The van der Waals surface area contributed by atoms with E-state index in [9.17, 15) is 14.4 Å². The number of carbonyl (C=O) groups excluding carboxylic acids is 2. The molecule has 7 nitrogen and oxygen atoms in total. The molecule has 0 spiro atoms. The first-order valence-electron chi connectivity index (χ1n) is 5.02. The summed E-state index contributed by atoms with van der Waals surface area (Å²) in [5.74, 6) is -1.69. The Morgan fingerprint density at radius 2 is 1.94 bits per heavy atom. The molecular formula is C9H15N3O4. The van der Waals surface area contributed by atoms with Crippen LogP contribution >= 0.6 is 0 Å². The van der Waals surface area contributed by atoms with Crippen molar-refractivity contribution in [1.29, 1.82) is 0 Å². The molecule has 7 heteroatoms. The molecule has 90 valence electrons. The predicted molar refractivity (Wildman–Crippen MR) is 54.1 cm³/mol. The summed E-state index contributed by atoms with van der Waals surface area (Å²) in [4.78, 5) is 32.4. The number of aliphatic carboxylic acids is 1. The van der Waals surface area contributed by atoms with Crippen LogP contribution in [0.2, 0.25) is 0 Å². The number of hydrazine groups is 1. The molecule has 1 aliphatic carbocycles. The average molecular weight is 229 g/mol. The topological polar surface area (TPSA) is 108 Å². The van der Waals surface area contributed by atoms with E-state index in [0.717, 1.165) is 12.8 Å². The van der Waals surface area contributed by atoms with Crippen molar-refractivity contribution in [2.24, 2.45) is 5.92 Å². The van der Waals surface area contributed by atoms with E-state index in [1.807, 2.05) is 0 Å². The minimum absolute atomic E-state index is 0.117. The van der Waals surface area contributed by atoms with Gasteiger partial charge in [-0.3, -0.25) is 30.6 Å². The minimum Gasteiger partial charge on any atom is -0.480 e. The van der Waals surface area contributed by atoms with Crippen LogP contribution in [-0.2, 0) is 14.4 Å². The van der Waals surface area contributed by atoms with Gasteiger partial charge in [-0.15, -0.1) is 0 Å². The number of hydrogen-bond acceptors (Lipinski definition) is 4. The lowest BCUT2D eigenvalue weighted by Gasteiger charge is -2.13. The Labute approximate surface area is 92.6 Å². The zero-order chi connectivity index (χ0) is 12.1. The van der Waals surface area contributed by atoms with E-state index in [1.54, 1.807) is 0 Å². The molecule has 0 heterocycles. The molecule has 0 aromatic heterocycles. The molecule has 2 amide bonds. The molecule has 1 atom stereocenters. The second-order valence-corrected chi connectivity index (χ2v) is 3.76. The Morgan fingerprint density at radius 3 is 2.38 bits per heavy atom. The van der Waals surface area contributed by atoms with Gasteiger partial charge in [0.2, 0.25) is 5.91 Å². The van der Waals surface area contributed by atoms with Gasteiger partial charge in [0.1, 0.15) is 6.04 Å². The molecular weight excluding hydrogens is 214 g/mol. The van der Waals surface area contributed by atoms with Crippen molar-refractivity contribution >= 4 is 17.8 Å². The van der Waals surface area contributed by atoms with Crippen LogP contribution < -0.4 is 16.2 Å². The van der Waals surface area contributed by atoms with E-state index < -0.39 is 17.9 Å². The molecule has 0 aromatic rings. The number of nitrogens with one attached hydrogen (secondary N) is 3. The second-order valence-electron chi connectivity index (χ2n) is 3.76. The Balaban J connectivity index is 2.23. The fourth-order valence-electron chi connectivity index (χ4n) is 1.29. The lowest BCUT2D eigenvalue weighted by atomic mass is 10.2. The summed E-state index contributed by atoms with van der Waals surface area (Å²) >= 11 is 0. The number of amides is 2. The lowest BCUT2D eigenvalue weighted by molar-refractivity contribution is -0.140. The van der Waals surface area contributed by atoms with E-state index in [-0.39, 0.29) is 18.4 Å². The summed E-state index contributed by atoms with van der Waals surface area (Å²) in [5, 5.41) is 11.5. The van der Waals surface area contributed by atoms with Crippen LogP contribution in [0.25, 0.3) is 0 Å². The monoisotopic (exact) mass is 229 g/mol. The maximum atomic E-state index is 11.1. The molecule has 1 aliphatic rings. The summed E-state index contributed by atoms with van der Waals surface area (Å²) in [6.07, 6.45) is 1.74. The first kappa shape index (κ1) is 12.4. The van der Waals surface area contributed by atoms with Crippen LogP contribution in [0.5, 0.6) is 0 Å². The largest absolute Gasteiger partial charge is 0.480 e. The number of carboxylic acids is 1. The smallest absolute Gasteiger partial charge is 0.320 e. The van der Waals surface area contributed by atoms with Crippen molar-refractivity contribution in [3.63, 3.8) is 0 Å². The molecule has 0 bridgehead atoms. The van der Waals surface area contributed by atoms with Crippen molar-refractivity contribution in [1.82, 2.24) is 16.2 Å². The maximum Gasteiger partial charge on any atom is 0.320 e. The Kier molecular flexibility index (Phi) is 4.24. The van der Waals surface area contributed by atoms with Crippen molar-refractivity contribution in [3.05, 3.63) is 0 Å². The van der Waals surface area contributed by atoms with Crippen LogP contribution in [0.1, 0.15) is 19.8 Å². The van der Waals surface area contributed by atoms with Gasteiger partial charge in [0.15, 0.2) is 0 Å². The fraction of sp³-hybridized carbons (Fsp3) is 0.667. The number of hydrogen-bond donors (Lipinski definition) is 4. The Morgan fingerprint density at radius 1 is 1.31 bits per heavy atom. The number of carboxylic acid groups (broad SMARTS) is 1. The zero-order valence-electron chi connectivity index (χ0n) is 8.95. The Bertz CT molecular complexity index is 301. The third-order valence-corrected chi connectivity index (χ3v) is 2.22. The quantitative estimate of drug-likeness (QED) is 0.434. The van der Waals surface area contributed by atoms with Gasteiger partial charge in [0.05, 0.1) is 6.54 Å². The van der Waals surface area contributed by atoms with E-state index in [4.69, 9.17) is 5.11 Å². The van der Waals surface area contributed by atoms with Gasteiger partial charge in [0.25, 0.3) is 5.91 Å². The highest BCUT2D eigenvalue weighted by atomic mass is 16.4. The molecule has 0 aliphatic heterocycles. The Hall–Kier alpha value is -1.63. The van der Waals surface area contributed by atoms with Crippen molar-refractivity contribution in [2.45, 2.75) is 25.8 Å². The molecule has 16 heavy (non-hydrogen) atoms. The normalized spacial score (nSPS) is 16.3. The molecule has 1 unspecified atom stereocenters. The average Bonchev–Trinajstić information content (AvgIpc) is 2.98. The highest BCUT2D eigenvalue weighted by Crippen LogP contribution is 2.32. The zero-order valence-corrected chi connectivity index (χ0v) is 8.95. The summed E-state index contributed by atoms with van der Waals surface area (Å²) in [5.41, 5.74) is 4.26.